The van der Waals surface area contributed by atoms with Crippen LogP contribution in [0.4, 0.5) is 5.82 Å². The molecule has 24 heavy (non-hydrogen) atoms. The van der Waals surface area contributed by atoms with Gasteiger partial charge in [-0.2, -0.15) is 4.68 Å². The third kappa shape index (κ3) is 3.24. The van der Waals surface area contributed by atoms with E-state index < -0.39 is 4.92 Å². The zero-order valence-electron chi connectivity index (χ0n) is 13.0. The van der Waals surface area contributed by atoms with Gasteiger partial charge in [-0.3, -0.25) is 4.79 Å². The maximum absolute atomic E-state index is 12.2. The molecule has 0 fully saturated rings. The van der Waals surface area contributed by atoms with Crippen LogP contribution in [0.15, 0.2) is 54.7 Å². The molecule has 3 rings (SSSR count). The van der Waals surface area contributed by atoms with Gasteiger partial charge in [-0.05, 0) is 28.2 Å². The number of benzene rings is 2. The van der Waals surface area contributed by atoms with Crippen molar-refractivity contribution in [3.05, 3.63) is 70.4 Å². The molecule has 2 aromatic carbocycles. The van der Waals surface area contributed by atoms with E-state index >= 15 is 0 Å². The Labute approximate surface area is 138 Å². The molecule has 1 amide bonds. The minimum absolute atomic E-state index is 0.0665. The fourth-order valence-electron chi connectivity index (χ4n) is 2.68. The average Bonchev–Trinajstić information content (AvgIpc) is 3.02. The van der Waals surface area contributed by atoms with Crippen molar-refractivity contribution in [1.29, 1.82) is 0 Å². The Morgan fingerprint density at radius 3 is 2.75 bits per heavy atom. The monoisotopic (exact) mass is 324 g/mol. The van der Waals surface area contributed by atoms with Crippen molar-refractivity contribution < 1.29 is 9.72 Å². The van der Waals surface area contributed by atoms with Crippen LogP contribution in [0.1, 0.15) is 18.5 Å². The first-order valence-corrected chi connectivity index (χ1v) is 7.49. The largest absolute Gasteiger partial charge is 0.389 e. The molecule has 0 aliphatic heterocycles. The number of nitro groups is 1. The van der Waals surface area contributed by atoms with Gasteiger partial charge in [-0.15, -0.1) is 0 Å². The maximum Gasteiger partial charge on any atom is 0.389 e. The van der Waals surface area contributed by atoms with Gasteiger partial charge < -0.3 is 15.4 Å². The fourth-order valence-corrected chi connectivity index (χ4v) is 2.68. The number of amides is 1. The molecule has 3 aromatic rings. The van der Waals surface area contributed by atoms with Crippen molar-refractivity contribution in [1.82, 2.24) is 15.1 Å². The Morgan fingerprint density at radius 1 is 1.25 bits per heavy atom. The van der Waals surface area contributed by atoms with Crippen LogP contribution >= 0.6 is 0 Å². The molecule has 0 aliphatic rings. The van der Waals surface area contributed by atoms with E-state index in [0.29, 0.717) is 0 Å². The van der Waals surface area contributed by atoms with Crippen LogP contribution in [0.3, 0.4) is 0 Å². The van der Waals surface area contributed by atoms with Crippen molar-refractivity contribution in [2.45, 2.75) is 19.5 Å². The van der Waals surface area contributed by atoms with Gasteiger partial charge in [0.15, 0.2) is 0 Å². The summed E-state index contributed by atoms with van der Waals surface area (Å²) in [6.07, 6.45) is 1.42. The second-order valence-electron chi connectivity index (χ2n) is 5.49. The lowest BCUT2D eigenvalue weighted by molar-refractivity contribution is -0.389. The summed E-state index contributed by atoms with van der Waals surface area (Å²) < 4.78 is 1.25. The van der Waals surface area contributed by atoms with Gasteiger partial charge >= 0.3 is 5.82 Å². The molecule has 7 nitrogen and oxygen atoms in total. The fraction of sp³-hybridized carbons (Fsp3) is 0.176. The third-order valence-corrected chi connectivity index (χ3v) is 3.79. The molecule has 1 N–H and O–H groups in total. The van der Waals surface area contributed by atoms with Crippen LogP contribution in [0.5, 0.6) is 0 Å². The summed E-state index contributed by atoms with van der Waals surface area (Å²) in [6.45, 7) is 1.84. The van der Waals surface area contributed by atoms with E-state index in [9.17, 15) is 14.9 Å². The first kappa shape index (κ1) is 15.7. The van der Waals surface area contributed by atoms with Crippen LogP contribution in [-0.2, 0) is 11.3 Å². The first-order valence-electron chi connectivity index (χ1n) is 7.49. The van der Waals surface area contributed by atoms with Gasteiger partial charge in [0.05, 0.1) is 23.4 Å². The van der Waals surface area contributed by atoms with Crippen LogP contribution in [0.2, 0.25) is 0 Å². The van der Waals surface area contributed by atoms with Gasteiger partial charge in [0, 0.05) is 0 Å². The number of nitrogens with zero attached hydrogens (tertiary/aromatic N) is 3. The molecule has 122 valence electrons. The first-order chi connectivity index (χ1) is 11.5. The summed E-state index contributed by atoms with van der Waals surface area (Å²) in [7, 11) is 0. The van der Waals surface area contributed by atoms with E-state index in [1.165, 1.54) is 16.9 Å². The lowest BCUT2D eigenvalue weighted by atomic mass is 10.00. The number of aromatic nitrogens is 2. The maximum atomic E-state index is 12.2. The molecule has 1 atom stereocenters. The number of hydrogen-bond acceptors (Lipinski definition) is 4. The third-order valence-electron chi connectivity index (χ3n) is 3.79. The number of fused-ring (bicyclic) bond motifs is 1. The molecular weight excluding hydrogens is 308 g/mol. The second kappa shape index (κ2) is 6.49. The van der Waals surface area contributed by atoms with Crippen LogP contribution < -0.4 is 5.32 Å². The molecule has 0 saturated carbocycles. The van der Waals surface area contributed by atoms with E-state index in [2.05, 4.69) is 10.4 Å². The van der Waals surface area contributed by atoms with Crippen molar-refractivity contribution in [3.63, 3.8) is 0 Å². The van der Waals surface area contributed by atoms with Crippen LogP contribution in [0.25, 0.3) is 10.8 Å². The summed E-state index contributed by atoms with van der Waals surface area (Å²) in [5.41, 5.74) is 1.02. The van der Waals surface area contributed by atoms with Crippen LogP contribution in [0, 0.1) is 10.1 Å². The highest BCUT2D eigenvalue weighted by molar-refractivity contribution is 5.86. The molecule has 7 heteroatoms. The minimum atomic E-state index is -0.590. The SMILES string of the molecule is CC(NC(=O)Cn1ccc([N+](=O)[O-])n1)c1cccc2ccccc12. The molecular formula is C17H16N4O3. The summed E-state index contributed by atoms with van der Waals surface area (Å²) >= 11 is 0. The summed E-state index contributed by atoms with van der Waals surface area (Å²) in [5, 5.41) is 19.5. The molecule has 0 bridgehead atoms. The Balaban J connectivity index is 1.72. The molecule has 1 unspecified atom stereocenters. The predicted molar refractivity (Wildman–Crippen MR) is 89.4 cm³/mol. The number of carbonyl (C=O) groups is 1. The van der Waals surface area contributed by atoms with E-state index in [4.69, 9.17) is 0 Å². The standard InChI is InChI=1S/C17H16N4O3/c1-12(14-8-4-6-13-5-2-3-7-15(13)14)18-17(22)11-20-10-9-16(19-20)21(23)24/h2-10,12H,11H2,1H3,(H,18,22). The topological polar surface area (TPSA) is 90.1 Å². The predicted octanol–water partition coefficient (Wildman–Crippen LogP) is 2.82. The summed E-state index contributed by atoms with van der Waals surface area (Å²) in [5.74, 6) is -0.529. The number of hydrogen-bond donors (Lipinski definition) is 1. The van der Waals surface area contributed by atoms with Crippen molar-refractivity contribution in [2.24, 2.45) is 0 Å². The van der Waals surface area contributed by atoms with Crippen molar-refractivity contribution in [2.75, 3.05) is 0 Å². The Bertz CT molecular complexity index is 898. The molecule has 1 heterocycles. The van der Waals surface area contributed by atoms with Gasteiger partial charge in [0.2, 0.25) is 5.91 Å². The molecule has 0 aliphatic carbocycles. The molecule has 0 saturated heterocycles. The highest BCUT2D eigenvalue weighted by Crippen LogP contribution is 2.23. The van der Waals surface area contributed by atoms with Gasteiger partial charge in [-0.25, -0.2) is 0 Å². The Kier molecular flexibility index (Phi) is 4.24. The lowest BCUT2D eigenvalue weighted by Gasteiger charge is -2.16. The Morgan fingerprint density at radius 2 is 2.00 bits per heavy atom. The number of nitrogens with one attached hydrogen (secondary N) is 1. The quantitative estimate of drug-likeness (QED) is 0.577. The van der Waals surface area contributed by atoms with E-state index in [-0.39, 0.29) is 24.3 Å². The summed E-state index contributed by atoms with van der Waals surface area (Å²) in [4.78, 5) is 22.2. The van der Waals surface area contributed by atoms with Crippen molar-refractivity contribution in [3.8, 4) is 0 Å². The van der Waals surface area contributed by atoms with Gasteiger partial charge in [-0.1, -0.05) is 42.5 Å². The molecule has 1 aromatic heterocycles. The van der Waals surface area contributed by atoms with Gasteiger partial charge in [0.25, 0.3) is 0 Å². The highest BCUT2D eigenvalue weighted by atomic mass is 16.6. The number of carbonyl (C=O) groups excluding carboxylic acids is 1. The van der Waals surface area contributed by atoms with Crippen LogP contribution in [-0.4, -0.2) is 20.6 Å². The normalized spacial score (nSPS) is 12.0. The highest BCUT2D eigenvalue weighted by Gasteiger charge is 2.16. The number of rotatable bonds is 5. The molecule has 0 radical (unpaired) electrons. The Hall–Kier alpha value is -3.22. The average molecular weight is 324 g/mol. The molecule has 0 spiro atoms. The van der Waals surface area contributed by atoms with Gasteiger partial charge in [0.1, 0.15) is 6.54 Å². The van der Waals surface area contributed by atoms with E-state index in [1.807, 2.05) is 49.4 Å². The van der Waals surface area contributed by atoms with Crippen molar-refractivity contribution >= 4 is 22.5 Å². The van der Waals surface area contributed by atoms with E-state index in [0.717, 1.165) is 16.3 Å². The zero-order valence-corrected chi connectivity index (χ0v) is 13.0. The lowest BCUT2D eigenvalue weighted by Crippen LogP contribution is -2.30. The minimum Gasteiger partial charge on any atom is -0.358 e. The zero-order chi connectivity index (χ0) is 17.1. The smallest absolute Gasteiger partial charge is 0.358 e. The second-order valence-corrected chi connectivity index (χ2v) is 5.49. The van der Waals surface area contributed by atoms with E-state index in [1.54, 1.807) is 0 Å². The summed E-state index contributed by atoms with van der Waals surface area (Å²) in [6, 6.07) is 15.0.